The van der Waals surface area contributed by atoms with Gasteiger partial charge in [-0.15, -0.1) is 0 Å². The summed E-state index contributed by atoms with van der Waals surface area (Å²) < 4.78 is 10.5. The van der Waals surface area contributed by atoms with E-state index in [2.05, 4.69) is 15.1 Å². The Morgan fingerprint density at radius 3 is 3.11 bits per heavy atom. The smallest absolute Gasteiger partial charge is 0.258 e. The van der Waals surface area contributed by atoms with Gasteiger partial charge in [0.1, 0.15) is 17.9 Å². The van der Waals surface area contributed by atoms with E-state index in [-0.39, 0.29) is 6.10 Å². The summed E-state index contributed by atoms with van der Waals surface area (Å²) in [5.74, 6) is 0.845. The Kier molecular flexibility index (Phi) is 3.65. The Morgan fingerprint density at radius 1 is 1.56 bits per heavy atom. The van der Waals surface area contributed by atoms with Crippen LogP contribution in [0.5, 0.6) is 0 Å². The minimum absolute atomic E-state index is 0.218. The van der Waals surface area contributed by atoms with E-state index in [1.807, 2.05) is 19.9 Å². The fraction of sp³-hybridized carbons (Fsp3) is 0.333. The Morgan fingerprint density at radius 2 is 2.39 bits per heavy atom. The van der Waals surface area contributed by atoms with Crippen molar-refractivity contribution in [3.8, 4) is 17.5 Å². The van der Waals surface area contributed by atoms with Crippen molar-refractivity contribution in [3.05, 3.63) is 29.8 Å². The van der Waals surface area contributed by atoms with Crippen molar-refractivity contribution in [1.82, 2.24) is 15.1 Å². The van der Waals surface area contributed by atoms with Gasteiger partial charge in [0.15, 0.2) is 0 Å². The van der Waals surface area contributed by atoms with Crippen molar-refractivity contribution in [3.63, 3.8) is 0 Å². The molecule has 0 fully saturated rings. The topological polar surface area (TPSA) is 84.8 Å². The minimum atomic E-state index is -0.218. The predicted molar refractivity (Wildman–Crippen MR) is 62.3 cm³/mol. The first kappa shape index (κ1) is 12.2. The molecular formula is C12H12N4O2. The van der Waals surface area contributed by atoms with E-state index < -0.39 is 0 Å². The molecule has 6 nitrogen and oxygen atoms in total. The molecule has 92 valence electrons. The first-order chi connectivity index (χ1) is 8.74. The van der Waals surface area contributed by atoms with Gasteiger partial charge in [0.05, 0.1) is 0 Å². The average Bonchev–Trinajstić information content (AvgIpc) is 2.89. The SMILES string of the molecule is CCOC(C)c1noc(-c2ccnc(C#N)c2)n1. The van der Waals surface area contributed by atoms with Crippen LogP contribution in [0.15, 0.2) is 22.9 Å². The van der Waals surface area contributed by atoms with Crippen LogP contribution in [0.1, 0.15) is 31.5 Å². The Labute approximate surface area is 104 Å². The molecule has 2 rings (SSSR count). The molecule has 0 aromatic carbocycles. The van der Waals surface area contributed by atoms with Gasteiger partial charge in [-0.05, 0) is 26.0 Å². The molecule has 2 aromatic rings. The highest BCUT2D eigenvalue weighted by Crippen LogP contribution is 2.20. The second-order valence-corrected chi connectivity index (χ2v) is 3.60. The molecular weight excluding hydrogens is 232 g/mol. The maximum atomic E-state index is 8.77. The van der Waals surface area contributed by atoms with Gasteiger partial charge in [-0.25, -0.2) is 4.98 Å². The second kappa shape index (κ2) is 5.38. The molecule has 0 saturated carbocycles. The lowest BCUT2D eigenvalue weighted by Gasteiger charge is -2.04. The predicted octanol–water partition coefficient (Wildman–Crippen LogP) is 2.10. The molecule has 1 unspecified atom stereocenters. The van der Waals surface area contributed by atoms with Crippen LogP contribution in [0.2, 0.25) is 0 Å². The van der Waals surface area contributed by atoms with Crippen LogP contribution in [0.25, 0.3) is 11.5 Å². The van der Waals surface area contributed by atoms with E-state index in [1.54, 1.807) is 12.1 Å². The van der Waals surface area contributed by atoms with Gasteiger partial charge in [-0.3, -0.25) is 0 Å². The second-order valence-electron chi connectivity index (χ2n) is 3.60. The molecule has 6 heteroatoms. The Hall–Kier alpha value is -2.26. The van der Waals surface area contributed by atoms with Crippen LogP contribution in [0.3, 0.4) is 0 Å². The van der Waals surface area contributed by atoms with Crippen LogP contribution < -0.4 is 0 Å². The van der Waals surface area contributed by atoms with E-state index in [0.717, 1.165) is 0 Å². The van der Waals surface area contributed by atoms with Crippen LogP contribution in [-0.4, -0.2) is 21.7 Å². The zero-order valence-electron chi connectivity index (χ0n) is 10.1. The Bertz CT molecular complexity index is 573. The molecule has 0 aliphatic heterocycles. The molecule has 2 heterocycles. The summed E-state index contributed by atoms with van der Waals surface area (Å²) in [6.07, 6.45) is 1.31. The van der Waals surface area contributed by atoms with Gasteiger partial charge >= 0.3 is 0 Å². The first-order valence-corrected chi connectivity index (χ1v) is 5.56. The number of ether oxygens (including phenoxy) is 1. The van der Waals surface area contributed by atoms with Crippen molar-refractivity contribution in [2.75, 3.05) is 6.61 Å². The quantitative estimate of drug-likeness (QED) is 0.818. The highest BCUT2D eigenvalue weighted by Gasteiger charge is 2.15. The molecule has 0 N–H and O–H groups in total. The van der Waals surface area contributed by atoms with Gasteiger partial charge in [0.2, 0.25) is 5.82 Å². The lowest BCUT2D eigenvalue weighted by Crippen LogP contribution is -2.01. The van der Waals surface area contributed by atoms with Crippen LogP contribution in [0, 0.1) is 11.3 Å². The maximum absolute atomic E-state index is 8.77. The zero-order valence-corrected chi connectivity index (χ0v) is 10.1. The summed E-state index contributed by atoms with van der Waals surface area (Å²) in [4.78, 5) is 8.11. The number of pyridine rings is 1. The fourth-order valence-electron chi connectivity index (χ4n) is 1.47. The number of nitriles is 1. The molecule has 2 aromatic heterocycles. The molecule has 0 spiro atoms. The number of hydrogen-bond donors (Lipinski definition) is 0. The largest absolute Gasteiger partial charge is 0.371 e. The maximum Gasteiger partial charge on any atom is 0.258 e. The molecule has 0 amide bonds. The van der Waals surface area contributed by atoms with Crippen LogP contribution in [0.4, 0.5) is 0 Å². The monoisotopic (exact) mass is 244 g/mol. The van der Waals surface area contributed by atoms with E-state index in [1.165, 1.54) is 6.20 Å². The van der Waals surface area contributed by atoms with E-state index >= 15 is 0 Å². The third kappa shape index (κ3) is 2.52. The lowest BCUT2D eigenvalue weighted by atomic mass is 10.2. The van der Waals surface area contributed by atoms with Crippen LogP contribution >= 0.6 is 0 Å². The zero-order chi connectivity index (χ0) is 13.0. The summed E-state index contributed by atoms with van der Waals surface area (Å²) >= 11 is 0. The molecule has 0 radical (unpaired) electrons. The normalized spacial score (nSPS) is 12.1. The molecule has 0 aliphatic carbocycles. The average molecular weight is 244 g/mol. The van der Waals surface area contributed by atoms with Crippen molar-refractivity contribution in [2.24, 2.45) is 0 Å². The molecule has 0 bridgehead atoms. The van der Waals surface area contributed by atoms with E-state index in [4.69, 9.17) is 14.5 Å². The van der Waals surface area contributed by atoms with Gasteiger partial charge in [-0.1, -0.05) is 5.16 Å². The summed E-state index contributed by atoms with van der Waals surface area (Å²) in [6, 6.07) is 5.27. The molecule has 0 aliphatic rings. The Balaban J connectivity index is 2.26. The molecule has 0 saturated heterocycles. The summed E-state index contributed by atoms with van der Waals surface area (Å²) in [6.45, 7) is 4.34. The summed E-state index contributed by atoms with van der Waals surface area (Å²) in [5, 5.41) is 12.6. The number of nitrogens with zero attached hydrogens (tertiary/aromatic N) is 4. The summed E-state index contributed by atoms with van der Waals surface area (Å²) in [5.41, 5.74) is 0.981. The van der Waals surface area contributed by atoms with Crippen LogP contribution in [-0.2, 0) is 4.74 Å². The van der Waals surface area contributed by atoms with Crippen molar-refractivity contribution in [2.45, 2.75) is 20.0 Å². The number of aromatic nitrogens is 3. The summed E-state index contributed by atoms with van der Waals surface area (Å²) in [7, 11) is 0. The number of rotatable bonds is 4. The van der Waals surface area contributed by atoms with Crippen molar-refractivity contribution >= 4 is 0 Å². The van der Waals surface area contributed by atoms with Crippen molar-refractivity contribution in [1.29, 1.82) is 5.26 Å². The fourth-order valence-corrected chi connectivity index (χ4v) is 1.47. The van der Waals surface area contributed by atoms with Gasteiger partial charge in [-0.2, -0.15) is 10.2 Å². The molecule has 1 atom stereocenters. The highest BCUT2D eigenvalue weighted by atomic mass is 16.5. The lowest BCUT2D eigenvalue weighted by molar-refractivity contribution is 0.0683. The number of hydrogen-bond acceptors (Lipinski definition) is 6. The third-order valence-electron chi connectivity index (χ3n) is 2.34. The van der Waals surface area contributed by atoms with Gasteiger partial charge < -0.3 is 9.26 Å². The molecule has 18 heavy (non-hydrogen) atoms. The van der Waals surface area contributed by atoms with E-state index in [0.29, 0.717) is 29.6 Å². The first-order valence-electron chi connectivity index (χ1n) is 5.56. The standard InChI is InChI=1S/C12H12N4O2/c1-3-17-8(2)11-15-12(18-16-11)9-4-5-14-10(6-9)7-13/h4-6,8H,3H2,1-2H3. The van der Waals surface area contributed by atoms with Crippen molar-refractivity contribution < 1.29 is 9.26 Å². The van der Waals surface area contributed by atoms with E-state index in [9.17, 15) is 0 Å². The highest BCUT2D eigenvalue weighted by molar-refractivity contribution is 5.53. The van der Waals surface area contributed by atoms with Gasteiger partial charge in [0.25, 0.3) is 5.89 Å². The third-order valence-corrected chi connectivity index (χ3v) is 2.34. The minimum Gasteiger partial charge on any atom is -0.371 e. The van der Waals surface area contributed by atoms with Gasteiger partial charge in [0, 0.05) is 18.4 Å².